The minimum atomic E-state index is -0.353. The summed E-state index contributed by atoms with van der Waals surface area (Å²) in [7, 11) is 0. The Bertz CT molecular complexity index is 1180. The van der Waals surface area contributed by atoms with Gasteiger partial charge in [0.25, 0.3) is 11.8 Å². The number of rotatable bonds is 7. The Morgan fingerprint density at radius 3 is 2.28 bits per heavy atom. The van der Waals surface area contributed by atoms with Crippen LogP contribution in [0.5, 0.6) is 5.75 Å². The molecule has 0 unspecified atom stereocenters. The van der Waals surface area contributed by atoms with E-state index in [0.717, 1.165) is 22.4 Å². The number of ether oxygens (including phenoxy) is 1. The molecule has 32 heavy (non-hydrogen) atoms. The molecule has 0 fully saturated rings. The largest absolute Gasteiger partial charge is 0.494 e. The second-order valence-electron chi connectivity index (χ2n) is 7.68. The van der Waals surface area contributed by atoms with Gasteiger partial charge in [0.15, 0.2) is 0 Å². The van der Waals surface area contributed by atoms with Gasteiger partial charge in [-0.25, -0.2) is 0 Å². The predicted octanol–water partition coefficient (Wildman–Crippen LogP) is 4.49. The Balaban J connectivity index is 1.73. The second kappa shape index (κ2) is 9.06. The fraction of sp³-hybridized carbons (Fsp3) is 0.192. The number of aromatic nitrogens is 1. The molecule has 1 aromatic heterocycles. The average molecular weight is 428 g/mol. The zero-order valence-corrected chi connectivity index (χ0v) is 18.4. The lowest BCUT2D eigenvalue weighted by molar-refractivity contribution is -0.137. The lowest BCUT2D eigenvalue weighted by Gasteiger charge is -2.15. The quantitative estimate of drug-likeness (QED) is 0.563. The zero-order chi connectivity index (χ0) is 22.7. The van der Waals surface area contributed by atoms with E-state index < -0.39 is 0 Å². The van der Waals surface area contributed by atoms with Crippen molar-refractivity contribution in [1.29, 1.82) is 0 Å². The topological polar surface area (TPSA) is 71.5 Å². The van der Waals surface area contributed by atoms with E-state index in [9.17, 15) is 9.59 Å². The SMILES string of the molecule is CCOc1ccc(C2=C(Nc3ccc(C)c(C)c3)C(=O)N(Cc3ccncc3)C2=O)cc1. The molecule has 162 valence electrons. The van der Waals surface area contributed by atoms with Crippen molar-refractivity contribution >= 4 is 23.1 Å². The molecule has 2 aromatic carbocycles. The first-order chi connectivity index (χ1) is 15.5. The molecule has 0 aliphatic carbocycles. The Kier molecular flexibility index (Phi) is 6.03. The van der Waals surface area contributed by atoms with Crippen LogP contribution in [0.15, 0.2) is 72.7 Å². The highest BCUT2D eigenvalue weighted by Crippen LogP contribution is 2.32. The lowest BCUT2D eigenvalue weighted by Crippen LogP contribution is -2.32. The smallest absolute Gasteiger partial charge is 0.278 e. The number of carbonyl (C=O) groups excluding carboxylic acids is 2. The molecule has 2 amide bonds. The molecular weight excluding hydrogens is 402 g/mol. The van der Waals surface area contributed by atoms with Crippen LogP contribution in [0, 0.1) is 13.8 Å². The molecule has 2 heterocycles. The Labute approximate surface area is 187 Å². The van der Waals surface area contributed by atoms with E-state index in [0.29, 0.717) is 23.5 Å². The molecule has 0 bridgehead atoms. The van der Waals surface area contributed by atoms with E-state index in [1.54, 1.807) is 24.5 Å². The van der Waals surface area contributed by atoms with Gasteiger partial charge in [0.1, 0.15) is 11.4 Å². The van der Waals surface area contributed by atoms with Gasteiger partial charge in [-0.15, -0.1) is 0 Å². The summed E-state index contributed by atoms with van der Waals surface area (Å²) in [5, 5.41) is 3.22. The van der Waals surface area contributed by atoms with E-state index in [4.69, 9.17) is 4.74 Å². The van der Waals surface area contributed by atoms with Gasteiger partial charge in [-0.1, -0.05) is 18.2 Å². The molecule has 0 radical (unpaired) electrons. The molecule has 0 spiro atoms. The van der Waals surface area contributed by atoms with Crippen molar-refractivity contribution in [3.63, 3.8) is 0 Å². The Morgan fingerprint density at radius 2 is 1.62 bits per heavy atom. The van der Waals surface area contributed by atoms with Crippen LogP contribution in [-0.2, 0) is 16.1 Å². The molecular formula is C26H25N3O3. The summed E-state index contributed by atoms with van der Waals surface area (Å²) in [6, 6.07) is 16.7. The number of hydrogen-bond acceptors (Lipinski definition) is 5. The average Bonchev–Trinajstić information content (AvgIpc) is 3.02. The van der Waals surface area contributed by atoms with Crippen molar-refractivity contribution in [2.45, 2.75) is 27.3 Å². The number of imide groups is 1. The molecule has 0 saturated heterocycles. The van der Waals surface area contributed by atoms with Crippen molar-refractivity contribution in [3.05, 3.63) is 94.9 Å². The van der Waals surface area contributed by atoms with Crippen LogP contribution in [0.3, 0.4) is 0 Å². The van der Waals surface area contributed by atoms with Gasteiger partial charge >= 0.3 is 0 Å². The summed E-state index contributed by atoms with van der Waals surface area (Å²) < 4.78 is 5.52. The number of carbonyl (C=O) groups is 2. The number of nitrogens with zero attached hydrogens (tertiary/aromatic N) is 2. The van der Waals surface area contributed by atoms with Crippen LogP contribution >= 0.6 is 0 Å². The first-order valence-electron chi connectivity index (χ1n) is 10.5. The highest BCUT2D eigenvalue weighted by Gasteiger charge is 2.39. The number of nitrogens with one attached hydrogen (secondary N) is 1. The fourth-order valence-electron chi connectivity index (χ4n) is 3.62. The third kappa shape index (κ3) is 4.25. The third-order valence-corrected chi connectivity index (χ3v) is 5.49. The normalized spacial score (nSPS) is 13.7. The summed E-state index contributed by atoms with van der Waals surface area (Å²) >= 11 is 0. The summed E-state index contributed by atoms with van der Waals surface area (Å²) in [6.45, 7) is 6.69. The molecule has 1 aliphatic rings. The first-order valence-corrected chi connectivity index (χ1v) is 10.5. The molecule has 6 heteroatoms. The molecule has 4 rings (SSSR count). The van der Waals surface area contributed by atoms with Gasteiger partial charge in [0, 0.05) is 18.1 Å². The minimum Gasteiger partial charge on any atom is -0.494 e. The van der Waals surface area contributed by atoms with Crippen LogP contribution in [0.25, 0.3) is 5.57 Å². The van der Waals surface area contributed by atoms with E-state index in [1.165, 1.54) is 4.90 Å². The van der Waals surface area contributed by atoms with Crippen molar-refractivity contribution in [2.24, 2.45) is 0 Å². The third-order valence-electron chi connectivity index (χ3n) is 5.49. The Morgan fingerprint density at radius 1 is 0.906 bits per heavy atom. The summed E-state index contributed by atoms with van der Waals surface area (Å²) in [5.41, 5.74) is 5.14. The van der Waals surface area contributed by atoms with Gasteiger partial charge in [0.05, 0.1) is 18.7 Å². The van der Waals surface area contributed by atoms with E-state index in [2.05, 4.69) is 10.3 Å². The maximum atomic E-state index is 13.4. The highest BCUT2D eigenvalue weighted by atomic mass is 16.5. The van der Waals surface area contributed by atoms with Gasteiger partial charge in [-0.2, -0.15) is 0 Å². The predicted molar refractivity (Wildman–Crippen MR) is 124 cm³/mol. The molecule has 0 saturated carbocycles. The molecule has 3 aromatic rings. The van der Waals surface area contributed by atoms with Crippen LogP contribution in [0.2, 0.25) is 0 Å². The molecule has 0 atom stereocenters. The Hall–Kier alpha value is -3.93. The van der Waals surface area contributed by atoms with Crippen molar-refractivity contribution in [3.8, 4) is 5.75 Å². The standard InChI is InChI=1S/C26H25N3O3/c1-4-32-22-9-6-20(7-10-22)23-24(28-21-8-5-17(2)18(3)15-21)26(31)29(25(23)30)16-19-11-13-27-14-12-19/h5-15,28H,4,16H2,1-3H3. The van der Waals surface area contributed by atoms with Gasteiger partial charge in [0.2, 0.25) is 0 Å². The molecule has 6 nitrogen and oxygen atoms in total. The van der Waals surface area contributed by atoms with Crippen LogP contribution < -0.4 is 10.1 Å². The maximum absolute atomic E-state index is 13.4. The number of amides is 2. The summed E-state index contributed by atoms with van der Waals surface area (Å²) in [5.74, 6) is 0.0298. The van der Waals surface area contributed by atoms with Crippen LogP contribution in [-0.4, -0.2) is 28.3 Å². The lowest BCUT2D eigenvalue weighted by atomic mass is 10.0. The van der Waals surface area contributed by atoms with E-state index in [1.807, 2.05) is 63.2 Å². The number of aryl methyl sites for hydroxylation is 2. The summed E-state index contributed by atoms with van der Waals surface area (Å²) in [6.07, 6.45) is 3.30. The van der Waals surface area contributed by atoms with Crippen molar-refractivity contribution in [1.82, 2.24) is 9.88 Å². The van der Waals surface area contributed by atoms with Gasteiger partial charge in [-0.3, -0.25) is 19.5 Å². The van der Waals surface area contributed by atoms with E-state index >= 15 is 0 Å². The monoisotopic (exact) mass is 427 g/mol. The summed E-state index contributed by atoms with van der Waals surface area (Å²) in [4.78, 5) is 32.1. The van der Waals surface area contributed by atoms with Crippen molar-refractivity contribution < 1.29 is 14.3 Å². The van der Waals surface area contributed by atoms with Crippen molar-refractivity contribution in [2.75, 3.05) is 11.9 Å². The zero-order valence-electron chi connectivity index (χ0n) is 18.4. The maximum Gasteiger partial charge on any atom is 0.278 e. The van der Waals surface area contributed by atoms with Crippen LogP contribution in [0.1, 0.15) is 29.2 Å². The molecule has 1 aliphatic heterocycles. The first kappa shape index (κ1) is 21.3. The molecule has 1 N–H and O–H groups in total. The number of anilines is 1. The van der Waals surface area contributed by atoms with Gasteiger partial charge in [-0.05, 0) is 79.4 Å². The minimum absolute atomic E-state index is 0.179. The van der Waals surface area contributed by atoms with Crippen LogP contribution in [0.4, 0.5) is 5.69 Å². The van der Waals surface area contributed by atoms with Gasteiger partial charge < -0.3 is 10.1 Å². The number of pyridine rings is 1. The fourth-order valence-corrected chi connectivity index (χ4v) is 3.62. The second-order valence-corrected chi connectivity index (χ2v) is 7.68. The number of benzene rings is 2. The van der Waals surface area contributed by atoms with E-state index in [-0.39, 0.29) is 24.1 Å². The highest BCUT2D eigenvalue weighted by molar-refractivity contribution is 6.36. The number of hydrogen-bond donors (Lipinski definition) is 1.